The zero-order chi connectivity index (χ0) is 30.1. The highest BCUT2D eigenvalue weighted by atomic mass is 16.5. The number of amides is 1. The van der Waals surface area contributed by atoms with Gasteiger partial charge in [-0.15, -0.1) is 0 Å². The lowest BCUT2D eigenvalue weighted by atomic mass is 9.96. The van der Waals surface area contributed by atoms with Gasteiger partial charge in [0.15, 0.2) is 16.9 Å². The van der Waals surface area contributed by atoms with Gasteiger partial charge < -0.3 is 23.5 Å². The zero-order valence-corrected chi connectivity index (χ0v) is 24.7. The normalized spacial score (nSPS) is 14.2. The zero-order valence-electron chi connectivity index (χ0n) is 24.7. The molecule has 4 aromatic carbocycles. The van der Waals surface area contributed by atoms with Crippen LogP contribution >= 0.6 is 0 Å². The Balaban J connectivity index is 1.37. The SMILES string of the molecule is COc1ccc(CCN2C(=O)c3oc4cc(C)cc(C)c4c(=O)c3C2c2ccc(OCc3ccccc3)cc2)cc1OC. The fraction of sp³-hybridized carbons (Fsp3) is 0.222. The lowest BCUT2D eigenvalue weighted by Crippen LogP contribution is -2.31. The molecule has 1 aliphatic heterocycles. The molecule has 5 aromatic rings. The van der Waals surface area contributed by atoms with E-state index in [-0.39, 0.29) is 17.1 Å². The molecule has 0 radical (unpaired) electrons. The van der Waals surface area contributed by atoms with Gasteiger partial charge in [-0.3, -0.25) is 9.59 Å². The summed E-state index contributed by atoms with van der Waals surface area (Å²) in [5, 5.41) is 0.506. The third-order valence-electron chi connectivity index (χ3n) is 7.95. The van der Waals surface area contributed by atoms with E-state index < -0.39 is 6.04 Å². The van der Waals surface area contributed by atoms with Crippen LogP contribution < -0.4 is 19.6 Å². The molecule has 0 N–H and O–H groups in total. The minimum Gasteiger partial charge on any atom is -0.493 e. The average Bonchev–Trinajstić information content (AvgIpc) is 3.30. The Morgan fingerprint density at radius 3 is 2.28 bits per heavy atom. The maximum absolute atomic E-state index is 14.1. The number of hydrogen-bond acceptors (Lipinski definition) is 6. The molecule has 1 atom stereocenters. The van der Waals surface area contributed by atoms with E-state index in [1.54, 1.807) is 19.1 Å². The minimum absolute atomic E-state index is 0.101. The van der Waals surface area contributed by atoms with Gasteiger partial charge in [0.2, 0.25) is 5.76 Å². The molecule has 2 heterocycles. The Hall–Kier alpha value is -5.04. The van der Waals surface area contributed by atoms with Crippen molar-refractivity contribution in [2.75, 3.05) is 20.8 Å². The fourth-order valence-corrected chi connectivity index (χ4v) is 5.86. The average molecular weight is 576 g/mol. The Labute approximate surface area is 250 Å². The lowest BCUT2D eigenvalue weighted by molar-refractivity contribution is 0.0730. The number of methoxy groups -OCH3 is 2. The van der Waals surface area contributed by atoms with Crippen molar-refractivity contribution >= 4 is 16.9 Å². The number of nitrogens with zero attached hydrogens (tertiary/aromatic N) is 1. The van der Waals surface area contributed by atoms with E-state index >= 15 is 0 Å². The first-order valence-electron chi connectivity index (χ1n) is 14.2. The molecular formula is C36H33NO6. The number of hydrogen-bond donors (Lipinski definition) is 0. The number of ether oxygens (including phenoxy) is 3. The third-order valence-corrected chi connectivity index (χ3v) is 7.95. The van der Waals surface area contributed by atoms with Crippen LogP contribution in [0.4, 0.5) is 0 Å². The highest BCUT2D eigenvalue weighted by Crippen LogP contribution is 2.39. The van der Waals surface area contributed by atoms with Crippen molar-refractivity contribution in [3.8, 4) is 17.2 Å². The van der Waals surface area contributed by atoms with Gasteiger partial charge in [0.25, 0.3) is 5.91 Å². The summed E-state index contributed by atoms with van der Waals surface area (Å²) in [5.41, 5.74) is 5.26. The van der Waals surface area contributed by atoms with Crippen LogP contribution in [0.1, 0.15) is 50.0 Å². The largest absolute Gasteiger partial charge is 0.493 e. The fourth-order valence-electron chi connectivity index (χ4n) is 5.86. The summed E-state index contributed by atoms with van der Waals surface area (Å²) in [7, 11) is 3.19. The van der Waals surface area contributed by atoms with Gasteiger partial charge in [-0.25, -0.2) is 0 Å². The number of carbonyl (C=O) groups excluding carboxylic acids is 1. The van der Waals surface area contributed by atoms with E-state index in [4.69, 9.17) is 18.6 Å². The monoisotopic (exact) mass is 575 g/mol. The molecular weight excluding hydrogens is 542 g/mol. The smallest absolute Gasteiger partial charge is 0.290 e. The van der Waals surface area contributed by atoms with Crippen molar-refractivity contribution in [1.82, 2.24) is 4.90 Å². The van der Waals surface area contributed by atoms with Crippen molar-refractivity contribution < 1.29 is 23.4 Å². The summed E-state index contributed by atoms with van der Waals surface area (Å²) in [6, 6.07) is 26.4. The predicted octanol–water partition coefficient (Wildman–Crippen LogP) is 6.79. The molecule has 1 unspecified atom stereocenters. The predicted molar refractivity (Wildman–Crippen MR) is 165 cm³/mol. The van der Waals surface area contributed by atoms with Gasteiger partial charge in [-0.05, 0) is 78.4 Å². The summed E-state index contributed by atoms with van der Waals surface area (Å²) < 4.78 is 23.1. The van der Waals surface area contributed by atoms with Crippen molar-refractivity contribution in [3.05, 3.63) is 134 Å². The van der Waals surface area contributed by atoms with Crippen LogP contribution in [0.2, 0.25) is 0 Å². The van der Waals surface area contributed by atoms with Crippen LogP contribution in [-0.4, -0.2) is 31.6 Å². The van der Waals surface area contributed by atoms with Crippen molar-refractivity contribution in [3.63, 3.8) is 0 Å². The minimum atomic E-state index is -0.604. The van der Waals surface area contributed by atoms with Crippen LogP contribution in [0.15, 0.2) is 94.1 Å². The van der Waals surface area contributed by atoms with Crippen molar-refractivity contribution in [2.24, 2.45) is 0 Å². The quantitative estimate of drug-likeness (QED) is 0.193. The molecule has 1 amide bonds. The molecule has 0 bridgehead atoms. The summed E-state index contributed by atoms with van der Waals surface area (Å²) in [6.45, 7) is 4.65. The lowest BCUT2D eigenvalue weighted by Gasteiger charge is -2.25. The molecule has 1 aliphatic rings. The topological polar surface area (TPSA) is 78.2 Å². The van der Waals surface area contributed by atoms with Crippen molar-refractivity contribution in [1.29, 1.82) is 0 Å². The van der Waals surface area contributed by atoms with Crippen LogP contribution in [0, 0.1) is 13.8 Å². The van der Waals surface area contributed by atoms with Crippen LogP contribution in [-0.2, 0) is 13.0 Å². The van der Waals surface area contributed by atoms with E-state index in [0.717, 1.165) is 27.8 Å². The second kappa shape index (κ2) is 11.7. The molecule has 7 heteroatoms. The molecule has 0 saturated carbocycles. The molecule has 43 heavy (non-hydrogen) atoms. The second-order valence-electron chi connectivity index (χ2n) is 10.8. The van der Waals surface area contributed by atoms with E-state index in [9.17, 15) is 9.59 Å². The van der Waals surface area contributed by atoms with Gasteiger partial charge in [0, 0.05) is 6.54 Å². The van der Waals surface area contributed by atoms with E-state index in [2.05, 4.69) is 0 Å². The Morgan fingerprint density at radius 2 is 1.56 bits per heavy atom. The summed E-state index contributed by atoms with van der Waals surface area (Å²) >= 11 is 0. The van der Waals surface area contributed by atoms with Gasteiger partial charge in [0.1, 0.15) is 17.9 Å². The summed E-state index contributed by atoms with van der Waals surface area (Å²) in [5.74, 6) is 1.75. The van der Waals surface area contributed by atoms with Gasteiger partial charge in [0.05, 0.1) is 31.2 Å². The highest BCUT2D eigenvalue weighted by molar-refractivity contribution is 5.99. The second-order valence-corrected chi connectivity index (χ2v) is 10.8. The first-order chi connectivity index (χ1) is 20.9. The molecule has 0 spiro atoms. The Bertz CT molecular complexity index is 1860. The number of fused-ring (bicyclic) bond motifs is 2. The van der Waals surface area contributed by atoms with Gasteiger partial charge in [-0.1, -0.05) is 54.6 Å². The molecule has 7 nitrogen and oxygen atoms in total. The number of rotatable bonds is 9. The van der Waals surface area contributed by atoms with Crippen LogP contribution in [0.3, 0.4) is 0 Å². The van der Waals surface area contributed by atoms with E-state index in [0.29, 0.717) is 53.4 Å². The number of aryl methyl sites for hydroxylation is 2. The third kappa shape index (κ3) is 5.34. The Morgan fingerprint density at radius 1 is 0.814 bits per heavy atom. The maximum atomic E-state index is 14.1. The number of carbonyl (C=O) groups is 1. The molecule has 0 aliphatic carbocycles. The first kappa shape index (κ1) is 28.1. The summed E-state index contributed by atoms with van der Waals surface area (Å²) in [6.07, 6.45) is 0.542. The molecule has 1 aromatic heterocycles. The highest BCUT2D eigenvalue weighted by Gasteiger charge is 2.42. The molecule has 0 saturated heterocycles. The molecule has 218 valence electrons. The van der Waals surface area contributed by atoms with Crippen LogP contribution in [0.25, 0.3) is 11.0 Å². The van der Waals surface area contributed by atoms with E-state index in [1.165, 1.54) is 0 Å². The first-order valence-corrected chi connectivity index (χ1v) is 14.2. The summed E-state index contributed by atoms with van der Waals surface area (Å²) in [4.78, 5) is 29.8. The molecule has 6 rings (SSSR count). The van der Waals surface area contributed by atoms with E-state index in [1.807, 2.05) is 98.8 Å². The standard InChI is InChI=1S/C36H33NO6/c1-22-18-23(2)31-30(19-22)43-35-32(34(31)38)33(26-11-13-27(14-12-26)42-21-25-8-6-5-7-9-25)37(36(35)39)17-16-24-10-15-28(40-3)29(20-24)41-4/h5-15,18-20,33H,16-17,21H2,1-4H3. The number of benzene rings is 4. The van der Waals surface area contributed by atoms with Crippen LogP contribution in [0.5, 0.6) is 17.2 Å². The molecule has 0 fully saturated rings. The van der Waals surface area contributed by atoms with Gasteiger partial charge >= 0.3 is 0 Å². The van der Waals surface area contributed by atoms with Gasteiger partial charge in [-0.2, -0.15) is 0 Å². The Kier molecular flexibility index (Phi) is 7.63. The van der Waals surface area contributed by atoms with Crippen molar-refractivity contribution in [2.45, 2.75) is 32.9 Å². The maximum Gasteiger partial charge on any atom is 0.290 e.